The Kier molecular flexibility index (Phi) is 4.48. The van der Waals surface area contributed by atoms with E-state index < -0.39 is 15.9 Å². The molecule has 2 aliphatic heterocycles. The Hall–Kier alpha value is -2.48. The number of benzene rings is 1. The molecule has 1 amide bonds. The van der Waals surface area contributed by atoms with Crippen LogP contribution in [0.4, 0.5) is 4.39 Å². The molecule has 2 heterocycles. The van der Waals surface area contributed by atoms with Crippen molar-refractivity contribution >= 4 is 21.8 Å². The number of nitrogens with one attached hydrogen (secondary N) is 1. The van der Waals surface area contributed by atoms with Gasteiger partial charge < -0.3 is 10.2 Å². The Balaban J connectivity index is 1.67. The summed E-state index contributed by atoms with van der Waals surface area (Å²) in [5.41, 5.74) is 0.979. The average Bonchev–Trinajstić information content (AvgIpc) is 2.53. The summed E-state index contributed by atoms with van der Waals surface area (Å²) in [5, 5.41) is 2.71. The summed E-state index contributed by atoms with van der Waals surface area (Å²) in [4.78, 5) is 14.0. The van der Waals surface area contributed by atoms with Crippen LogP contribution < -0.4 is 5.32 Å². The zero-order valence-electron chi connectivity index (χ0n) is 12.8. The van der Waals surface area contributed by atoms with Crippen molar-refractivity contribution in [2.24, 2.45) is 4.40 Å². The van der Waals surface area contributed by atoms with Gasteiger partial charge in [0.1, 0.15) is 5.82 Å². The highest BCUT2D eigenvalue weighted by Gasteiger charge is 2.29. The smallest absolute Gasteiger partial charge is 0.256 e. The van der Waals surface area contributed by atoms with E-state index in [1.165, 1.54) is 18.2 Å². The van der Waals surface area contributed by atoms with Gasteiger partial charge in [-0.05, 0) is 36.3 Å². The van der Waals surface area contributed by atoms with Crippen LogP contribution in [0.25, 0.3) is 0 Å². The molecule has 0 unspecified atom stereocenters. The van der Waals surface area contributed by atoms with E-state index in [9.17, 15) is 17.6 Å². The van der Waals surface area contributed by atoms with Gasteiger partial charge in [0, 0.05) is 19.3 Å². The van der Waals surface area contributed by atoms with Crippen molar-refractivity contribution in [2.45, 2.75) is 6.42 Å². The van der Waals surface area contributed by atoms with E-state index in [4.69, 9.17) is 0 Å². The first-order valence-electron chi connectivity index (χ1n) is 7.45. The summed E-state index contributed by atoms with van der Waals surface area (Å²) in [6.07, 6.45) is 5.38. The van der Waals surface area contributed by atoms with Crippen molar-refractivity contribution in [1.29, 1.82) is 0 Å². The molecule has 0 aliphatic carbocycles. The number of carbonyl (C=O) groups excluding carboxylic acids is 1. The minimum atomic E-state index is -3.54. The van der Waals surface area contributed by atoms with Gasteiger partial charge in [0.15, 0.2) is 5.84 Å². The predicted octanol–water partition coefficient (Wildman–Crippen LogP) is 0.982. The number of hydrogen-bond donors (Lipinski definition) is 1. The second kappa shape index (κ2) is 6.56. The van der Waals surface area contributed by atoms with Crippen molar-refractivity contribution in [3.05, 3.63) is 59.6 Å². The zero-order valence-corrected chi connectivity index (χ0v) is 13.6. The Morgan fingerprint density at radius 1 is 1.38 bits per heavy atom. The van der Waals surface area contributed by atoms with E-state index in [0.717, 1.165) is 5.56 Å². The van der Waals surface area contributed by atoms with Crippen LogP contribution in [0.15, 0.2) is 52.6 Å². The molecular formula is C16H16FN3O3S. The van der Waals surface area contributed by atoms with Crippen molar-refractivity contribution in [1.82, 2.24) is 10.2 Å². The SMILES string of the molecule is O=C(NCCc1cccc(F)c1)C1=CC=CN2CCS(=O)(=O)N=C12. The topological polar surface area (TPSA) is 78.8 Å². The lowest BCUT2D eigenvalue weighted by Crippen LogP contribution is -2.42. The Bertz CT molecular complexity index is 859. The number of hydrogen-bond acceptors (Lipinski definition) is 4. The predicted molar refractivity (Wildman–Crippen MR) is 88.3 cm³/mol. The second-order valence-electron chi connectivity index (χ2n) is 5.45. The molecular weight excluding hydrogens is 333 g/mol. The molecule has 1 aromatic rings. The average molecular weight is 349 g/mol. The fourth-order valence-electron chi connectivity index (χ4n) is 2.50. The van der Waals surface area contributed by atoms with Gasteiger partial charge in [-0.1, -0.05) is 12.1 Å². The number of fused-ring (bicyclic) bond motifs is 1. The summed E-state index contributed by atoms with van der Waals surface area (Å²) in [6.45, 7) is 0.578. The maximum Gasteiger partial charge on any atom is 0.256 e. The Labute approximate surface area is 139 Å². The molecule has 0 atom stereocenters. The third-order valence-corrected chi connectivity index (χ3v) is 4.84. The van der Waals surface area contributed by atoms with Gasteiger partial charge in [0.25, 0.3) is 15.9 Å². The molecule has 2 aliphatic rings. The summed E-state index contributed by atoms with van der Waals surface area (Å²) in [6, 6.07) is 6.16. The van der Waals surface area contributed by atoms with E-state index in [2.05, 4.69) is 9.71 Å². The summed E-state index contributed by atoms with van der Waals surface area (Å²) >= 11 is 0. The van der Waals surface area contributed by atoms with E-state index >= 15 is 0 Å². The second-order valence-corrected chi connectivity index (χ2v) is 7.21. The highest BCUT2D eigenvalue weighted by Crippen LogP contribution is 2.17. The summed E-state index contributed by atoms with van der Waals surface area (Å²) < 4.78 is 40.2. The molecule has 1 aromatic carbocycles. The lowest BCUT2D eigenvalue weighted by molar-refractivity contribution is -0.117. The number of carbonyl (C=O) groups is 1. The number of amides is 1. The maximum absolute atomic E-state index is 13.1. The van der Waals surface area contributed by atoms with Gasteiger partial charge in [0.05, 0.1) is 11.3 Å². The van der Waals surface area contributed by atoms with E-state index in [0.29, 0.717) is 13.0 Å². The molecule has 0 bridgehead atoms. The van der Waals surface area contributed by atoms with Crippen LogP contribution in [0.5, 0.6) is 0 Å². The van der Waals surface area contributed by atoms with Crippen LogP contribution in [-0.4, -0.2) is 43.9 Å². The van der Waals surface area contributed by atoms with Crippen molar-refractivity contribution in [3.8, 4) is 0 Å². The molecule has 24 heavy (non-hydrogen) atoms. The van der Waals surface area contributed by atoms with E-state index in [-0.39, 0.29) is 29.5 Å². The molecule has 1 N–H and O–H groups in total. The minimum Gasteiger partial charge on any atom is -0.352 e. The largest absolute Gasteiger partial charge is 0.352 e. The van der Waals surface area contributed by atoms with Crippen molar-refractivity contribution < 1.29 is 17.6 Å². The van der Waals surface area contributed by atoms with Crippen molar-refractivity contribution in [3.63, 3.8) is 0 Å². The molecule has 3 rings (SSSR count). The minimum absolute atomic E-state index is 0.0741. The zero-order chi connectivity index (χ0) is 17.2. The molecule has 8 heteroatoms. The Morgan fingerprint density at radius 2 is 2.21 bits per heavy atom. The molecule has 0 fully saturated rings. The highest BCUT2D eigenvalue weighted by molar-refractivity contribution is 7.90. The van der Waals surface area contributed by atoms with Gasteiger partial charge in [0.2, 0.25) is 0 Å². The normalized spacial score (nSPS) is 18.5. The fourth-order valence-corrected chi connectivity index (χ4v) is 3.49. The molecule has 0 spiro atoms. The van der Waals surface area contributed by atoms with Gasteiger partial charge in [-0.25, -0.2) is 12.8 Å². The highest BCUT2D eigenvalue weighted by atomic mass is 32.2. The maximum atomic E-state index is 13.1. The van der Waals surface area contributed by atoms with Gasteiger partial charge in [-0.15, -0.1) is 4.40 Å². The number of rotatable bonds is 4. The van der Waals surface area contributed by atoms with Crippen LogP contribution in [0.3, 0.4) is 0 Å². The number of halogens is 1. The molecule has 0 saturated carbocycles. The quantitative estimate of drug-likeness (QED) is 0.879. The number of sulfonamides is 1. The first-order valence-corrected chi connectivity index (χ1v) is 9.06. The summed E-state index contributed by atoms with van der Waals surface area (Å²) in [5.74, 6) is -0.657. The lowest BCUT2D eigenvalue weighted by atomic mass is 10.1. The van der Waals surface area contributed by atoms with Crippen LogP contribution >= 0.6 is 0 Å². The first kappa shape index (κ1) is 16.4. The lowest BCUT2D eigenvalue weighted by Gasteiger charge is -2.28. The van der Waals surface area contributed by atoms with Gasteiger partial charge in [-0.3, -0.25) is 4.79 Å². The van der Waals surface area contributed by atoms with Gasteiger partial charge in [-0.2, -0.15) is 0 Å². The fraction of sp³-hybridized carbons (Fsp3) is 0.250. The van der Waals surface area contributed by atoms with Crippen LogP contribution in [0, 0.1) is 5.82 Å². The van der Waals surface area contributed by atoms with Crippen LogP contribution in [-0.2, 0) is 21.2 Å². The molecule has 0 saturated heterocycles. The van der Waals surface area contributed by atoms with Gasteiger partial charge >= 0.3 is 0 Å². The molecule has 126 valence electrons. The monoisotopic (exact) mass is 349 g/mol. The van der Waals surface area contributed by atoms with Crippen LogP contribution in [0.1, 0.15) is 5.56 Å². The third-order valence-electron chi connectivity index (χ3n) is 3.69. The molecule has 6 nitrogen and oxygen atoms in total. The number of allylic oxidation sites excluding steroid dienone is 2. The number of amidine groups is 1. The third kappa shape index (κ3) is 3.70. The first-order chi connectivity index (χ1) is 11.4. The summed E-state index contributed by atoms with van der Waals surface area (Å²) in [7, 11) is -3.54. The van der Waals surface area contributed by atoms with E-state index in [1.54, 1.807) is 29.3 Å². The van der Waals surface area contributed by atoms with Crippen molar-refractivity contribution in [2.75, 3.05) is 18.8 Å². The Morgan fingerprint density at radius 3 is 3.00 bits per heavy atom. The van der Waals surface area contributed by atoms with Crippen LogP contribution in [0.2, 0.25) is 0 Å². The molecule has 0 radical (unpaired) electrons. The standard InChI is InChI=1S/C16H16FN3O3S/c17-13-4-1-3-12(11-13)6-7-18-16(21)14-5-2-8-20-9-10-24(22,23)19-15(14)20/h1-5,8,11H,6-7,9-10H2,(H,18,21). The van der Waals surface area contributed by atoms with E-state index in [1.807, 2.05) is 0 Å². The number of nitrogens with zero attached hydrogens (tertiary/aromatic N) is 2. The molecule has 0 aromatic heterocycles.